The number of nitrogens with one attached hydrogen (secondary N) is 2. The molecule has 1 heterocycles. The van der Waals surface area contributed by atoms with Crippen LogP contribution in [-0.4, -0.2) is 26.2 Å². The highest BCUT2D eigenvalue weighted by atomic mass is 14.9. The molecule has 0 saturated carbocycles. The third-order valence-corrected chi connectivity index (χ3v) is 2.51. The van der Waals surface area contributed by atoms with Gasteiger partial charge < -0.3 is 10.6 Å². The summed E-state index contributed by atoms with van der Waals surface area (Å²) in [7, 11) is 0. The number of hydrogen-bond acceptors (Lipinski definition) is 2. The summed E-state index contributed by atoms with van der Waals surface area (Å²) in [6.07, 6.45) is 9.87. The Kier molecular flexibility index (Phi) is 5.64. The second kappa shape index (κ2) is 6.94. The molecule has 2 heteroatoms. The van der Waals surface area contributed by atoms with E-state index in [2.05, 4.69) is 16.6 Å². The minimum Gasteiger partial charge on any atom is -0.316 e. The first-order valence-electron chi connectivity index (χ1n) is 5.28. The summed E-state index contributed by atoms with van der Waals surface area (Å²) < 4.78 is 0. The standard InChI is InChI=1S/C11H20N2/c1-2-3-4-7-12-9-11-6-5-8-13-10-11/h1,11-13H,3-10H2. The van der Waals surface area contributed by atoms with Crippen molar-refractivity contribution in [3.8, 4) is 12.3 Å². The Bertz CT molecular complexity index is 154. The van der Waals surface area contributed by atoms with Crippen LogP contribution in [0.1, 0.15) is 25.7 Å². The molecule has 2 nitrogen and oxygen atoms in total. The van der Waals surface area contributed by atoms with Gasteiger partial charge in [-0.3, -0.25) is 0 Å². The SMILES string of the molecule is C#CCCCNCC1CCCNC1. The normalized spacial score (nSPS) is 22.5. The molecule has 1 atom stereocenters. The van der Waals surface area contributed by atoms with Gasteiger partial charge in [0.05, 0.1) is 0 Å². The van der Waals surface area contributed by atoms with Gasteiger partial charge in [0.2, 0.25) is 0 Å². The quantitative estimate of drug-likeness (QED) is 0.487. The maximum atomic E-state index is 5.17. The van der Waals surface area contributed by atoms with Crippen molar-refractivity contribution < 1.29 is 0 Å². The molecule has 1 fully saturated rings. The zero-order chi connectivity index (χ0) is 9.36. The lowest BCUT2D eigenvalue weighted by atomic mass is 10.00. The summed E-state index contributed by atoms with van der Waals surface area (Å²) in [6.45, 7) is 4.61. The summed E-state index contributed by atoms with van der Waals surface area (Å²) in [4.78, 5) is 0. The van der Waals surface area contributed by atoms with Crippen LogP contribution in [0, 0.1) is 18.3 Å². The lowest BCUT2D eigenvalue weighted by Crippen LogP contribution is -2.36. The van der Waals surface area contributed by atoms with E-state index in [-0.39, 0.29) is 0 Å². The van der Waals surface area contributed by atoms with Gasteiger partial charge in [-0.05, 0) is 51.4 Å². The predicted octanol–water partition coefficient (Wildman–Crippen LogP) is 0.989. The van der Waals surface area contributed by atoms with Crippen LogP contribution in [0.2, 0.25) is 0 Å². The molecule has 0 aromatic rings. The molecule has 0 aromatic carbocycles. The van der Waals surface area contributed by atoms with E-state index in [9.17, 15) is 0 Å². The van der Waals surface area contributed by atoms with Crippen LogP contribution in [0.3, 0.4) is 0 Å². The third-order valence-electron chi connectivity index (χ3n) is 2.51. The van der Waals surface area contributed by atoms with E-state index < -0.39 is 0 Å². The van der Waals surface area contributed by atoms with Crippen LogP contribution in [0.5, 0.6) is 0 Å². The van der Waals surface area contributed by atoms with Gasteiger partial charge in [0.1, 0.15) is 0 Å². The van der Waals surface area contributed by atoms with Crippen molar-refractivity contribution >= 4 is 0 Å². The molecule has 0 aromatic heterocycles. The first kappa shape index (κ1) is 10.6. The van der Waals surface area contributed by atoms with Crippen LogP contribution in [-0.2, 0) is 0 Å². The van der Waals surface area contributed by atoms with E-state index in [0.29, 0.717) is 0 Å². The van der Waals surface area contributed by atoms with Crippen molar-refractivity contribution in [2.24, 2.45) is 5.92 Å². The third kappa shape index (κ3) is 4.92. The van der Waals surface area contributed by atoms with Crippen LogP contribution < -0.4 is 10.6 Å². The molecule has 2 N–H and O–H groups in total. The number of unbranched alkanes of at least 4 members (excludes halogenated alkanes) is 1. The fourth-order valence-corrected chi connectivity index (χ4v) is 1.72. The molecule has 0 aliphatic carbocycles. The van der Waals surface area contributed by atoms with Gasteiger partial charge >= 0.3 is 0 Å². The molecule has 0 bridgehead atoms. The highest BCUT2D eigenvalue weighted by molar-refractivity contribution is 4.83. The first-order valence-corrected chi connectivity index (χ1v) is 5.28. The van der Waals surface area contributed by atoms with Crippen LogP contribution in [0.25, 0.3) is 0 Å². The minimum atomic E-state index is 0.833. The summed E-state index contributed by atoms with van der Waals surface area (Å²) >= 11 is 0. The molecule has 1 aliphatic heterocycles. The van der Waals surface area contributed by atoms with Gasteiger partial charge in [0.25, 0.3) is 0 Å². The Morgan fingerprint density at radius 1 is 1.54 bits per heavy atom. The van der Waals surface area contributed by atoms with Crippen molar-refractivity contribution in [2.75, 3.05) is 26.2 Å². The van der Waals surface area contributed by atoms with Gasteiger partial charge in [0, 0.05) is 6.42 Å². The maximum absolute atomic E-state index is 5.17. The molecule has 1 saturated heterocycles. The molecule has 1 unspecified atom stereocenters. The average molecular weight is 180 g/mol. The van der Waals surface area contributed by atoms with Gasteiger partial charge in [-0.1, -0.05) is 0 Å². The number of piperidine rings is 1. The maximum Gasteiger partial charge on any atom is 0.00981 e. The molecule has 13 heavy (non-hydrogen) atoms. The largest absolute Gasteiger partial charge is 0.316 e. The Labute approximate surface area is 81.5 Å². The van der Waals surface area contributed by atoms with Gasteiger partial charge in [-0.15, -0.1) is 12.3 Å². The molecular formula is C11H20N2. The number of terminal acetylenes is 1. The topological polar surface area (TPSA) is 24.1 Å². The van der Waals surface area contributed by atoms with Crippen LogP contribution in [0.15, 0.2) is 0 Å². The lowest BCUT2D eigenvalue weighted by molar-refractivity contribution is 0.360. The van der Waals surface area contributed by atoms with Gasteiger partial charge in [-0.2, -0.15) is 0 Å². The Morgan fingerprint density at radius 2 is 2.46 bits per heavy atom. The van der Waals surface area contributed by atoms with Crippen molar-refractivity contribution in [1.82, 2.24) is 10.6 Å². The molecule has 0 amide bonds. The molecular weight excluding hydrogens is 160 g/mol. The van der Waals surface area contributed by atoms with E-state index in [1.165, 1.54) is 25.9 Å². The number of hydrogen-bond donors (Lipinski definition) is 2. The fraction of sp³-hybridized carbons (Fsp3) is 0.818. The van der Waals surface area contributed by atoms with E-state index >= 15 is 0 Å². The van der Waals surface area contributed by atoms with Crippen molar-refractivity contribution in [3.05, 3.63) is 0 Å². The fourth-order valence-electron chi connectivity index (χ4n) is 1.72. The van der Waals surface area contributed by atoms with E-state index in [1.807, 2.05) is 0 Å². The van der Waals surface area contributed by atoms with Gasteiger partial charge in [0.15, 0.2) is 0 Å². The summed E-state index contributed by atoms with van der Waals surface area (Å²) in [5.41, 5.74) is 0. The molecule has 0 spiro atoms. The predicted molar refractivity (Wildman–Crippen MR) is 56.5 cm³/mol. The summed E-state index contributed by atoms with van der Waals surface area (Å²) in [5.74, 6) is 3.49. The summed E-state index contributed by atoms with van der Waals surface area (Å²) in [5, 5.41) is 6.87. The molecule has 74 valence electrons. The second-order valence-electron chi connectivity index (χ2n) is 3.72. The zero-order valence-electron chi connectivity index (χ0n) is 8.31. The smallest absolute Gasteiger partial charge is 0.00981 e. The lowest BCUT2D eigenvalue weighted by Gasteiger charge is -2.22. The van der Waals surface area contributed by atoms with E-state index in [0.717, 1.165) is 31.8 Å². The second-order valence-corrected chi connectivity index (χ2v) is 3.72. The van der Waals surface area contributed by atoms with Crippen molar-refractivity contribution in [2.45, 2.75) is 25.7 Å². The van der Waals surface area contributed by atoms with E-state index in [4.69, 9.17) is 6.42 Å². The molecule has 1 aliphatic rings. The highest BCUT2D eigenvalue weighted by Gasteiger charge is 2.11. The highest BCUT2D eigenvalue weighted by Crippen LogP contribution is 2.07. The molecule has 1 rings (SSSR count). The van der Waals surface area contributed by atoms with Crippen molar-refractivity contribution in [1.29, 1.82) is 0 Å². The Morgan fingerprint density at radius 3 is 3.15 bits per heavy atom. The van der Waals surface area contributed by atoms with Crippen molar-refractivity contribution in [3.63, 3.8) is 0 Å². The Balaban J connectivity index is 1.90. The minimum absolute atomic E-state index is 0.833. The average Bonchev–Trinajstić information content (AvgIpc) is 2.19. The summed E-state index contributed by atoms with van der Waals surface area (Å²) in [6, 6.07) is 0. The number of rotatable bonds is 5. The van der Waals surface area contributed by atoms with E-state index in [1.54, 1.807) is 0 Å². The monoisotopic (exact) mass is 180 g/mol. The van der Waals surface area contributed by atoms with Crippen LogP contribution in [0.4, 0.5) is 0 Å². The zero-order valence-corrected chi connectivity index (χ0v) is 8.31. The Hall–Kier alpha value is -0.520. The van der Waals surface area contributed by atoms with Gasteiger partial charge in [-0.25, -0.2) is 0 Å². The van der Waals surface area contributed by atoms with Crippen LogP contribution >= 0.6 is 0 Å². The first-order chi connectivity index (χ1) is 6.43. The molecule has 0 radical (unpaired) electrons.